The van der Waals surface area contributed by atoms with Gasteiger partial charge in [-0.1, -0.05) is 5.16 Å². The number of aliphatic hydroxyl groups is 1. The van der Waals surface area contributed by atoms with Gasteiger partial charge in [-0.15, -0.1) is 0 Å². The van der Waals surface area contributed by atoms with Crippen LogP contribution in [0, 0.1) is 11.6 Å². The van der Waals surface area contributed by atoms with Crippen molar-refractivity contribution in [1.29, 1.82) is 0 Å². The van der Waals surface area contributed by atoms with Crippen LogP contribution in [0.5, 0.6) is 0 Å². The number of hydrogen-bond donors (Lipinski definition) is 1. The summed E-state index contributed by atoms with van der Waals surface area (Å²) in [6.07, 6.45) is -0.707. The molecule has 0 radical (unpaired) electrons. The van der Waals surface area contributed by atoms with Crippen LogP contribution in [0.15, 0.2) is 28.8 Å². The average Bonchev–Trinajstić information content (AvgIpc) is 3.16. The Labute approximate surface area is 136 Å². The molecule has 1 amide bonds. The van der Waals surface area contributed by atoms with E-state index in [-0.39, 0.29) is 30.8 Å². The summed E-state index contributed by atoms with van der Waals surface area (Å²) in [7, 11) is 1.48. The average molecular weight is 338 g/mol. The van der Waals surface area contributed by atoms with Crippen molar-refractivity contribution < 1.29 is 27.9 Å². The molecule has 128 valence electrons. The predicted molar refractivity (Wildman–Crippen MR) is 78.0 cm³/mol. The lowest BCUT2D eigenvalue weighted by atomic mass is 10.0. The maximum absolute atomic E-state index is 14.1. The van der Waals surface area contributed by atoms with E-state index in [0.29, 0.717) is 5.76 Å². The summed E-state index contributed by atoms with van der Waals surface area (Å²) >= 11 is 0. The fraction of sp³-hybridized carbons (Fsp3) is 0.375. The second-order valence-electron chi connectivity index (χ2n) is 5.64. The van der Waals surface area contributed by atoms with Crippen molar-refractivity contribution in [2.45, 2.75) is 25.2 Å². The van der Waals surface area contributed by atoms with Crippen molar-refractivity contribution >= 4 is 5.91 Å². The van der Waals surface area contributed by atoms with E-state index in [1.54, 1.807) is 0 Å². The van der Waals surface area contributed by atoms with E-state index in [4.69, 9.17) is 9.26 Å². The molecular weight excluding hydrogens is 322 g/mol. The van der Waals surface area contributed by atoms with Gasteiger partial charge in [0.25, 0.3) is 5.91 Å². The number of likely N-dealkylation sites (tertiary alicyclic amines) is 1. The third-order valence-electron chi connectivity index (χ3n) is 3.92. The molecule has 0 unspecified atom stereocenters. The molecule has 2 heterocycles. The number of halogens is 2. The number of β-amino-alcohol motifs (C(OH)–C–C–N with tert-alkyl or cyclic N) is 1. The highest BCUT2D eigenvalue weighted by Gasteiger charge is 2.38. The summed E-state index contributed by atoms with van der Waals surface area (Å²) < 4.78 is 37.4. The Morgan fingerprint density at radius 1 is 1.46 bits per heavy atom. The molecule has 8 heteroatoms. The molecular formula is C16H16F2N2O4. The van der Waals surface area contributed by atoms with Crippen LogP contribution in [-0.4, -0.2) is 40.8 Å². The molecule has 2 atom stereocenters. The maximum atomic E-state index is 14.1. The zero-order chi connectivity index (χ0) is 17.3. The highest BCUT2D eigenvalue weighted by Crippen LogP contribution is 2.35. The summed E-state index contributed by atoms with van der Waals surface area (Å²) in [5.74, 6) is -1.39. The first-order chi connectivity index (χ1) is 11.5. The van der Waals surface area contributed by atoms with Gasteiger partial charge in [0, 0.05) is 25.3 Å². The molecule has 1 aromatic heterocycles. The molecule has 1 N–H and O–H groups in total. The number of methoxy groups -OCH3 is 1. The van der Waals surface area contributed by atoms with Gasteiger partial charge < -0.3 is 19.3 Å². The highest BCUT2D eigenvalue weighted by molar-refractivity contribution is 5.92. The number of ether oxygens (including phenoxy) is 1. The summed E-state index contributed by atoms with van der Waals surface area (Å²) in [6, 6.07) is 3.70. The maximum Gasteiger partial charge on any atom is 0.276 e. The minimum Gasteiger partial charge on any atom is -0.391 e. The fourth-order valence-electron chi connectivity index (χ4n) is 2.87. The van der Waals surface area contributed by atoms with Gasteiger partial charge >= 0.3 is 0 Å². The Morgan fingerprint density at radius 3 is 3.00 bits per heavy atom. The molecule has 0 spiro atoms. The van der Waals surface area contributed by atoms with Crippen molar-refractivity contribution in [3.05, 3.63) is 52.9 Å². The number of amides is 1. The van der Waals surface area contributed by atoms with Crippen LogP contribution in [0.2, 0.25) is 0 Å². The van der Waals surface area contributed by atoms with E-state index in [1.807, 2.05) is 0 Å². The number of aliphatic hydroxyl groups excluding tert-OH is 1. The van der Waals surface area contributed by atoms with Gasteiger partial charge in [0.2, 0.25) is 0 Å². The molecule has 1 aliphatic rings. The molecule has 1 aliphatic heterocycles. The van der Waals surface area contributed by atoms with Crippen LogP contribution in [0.1, 0.15) is 34.3 Å². The molecule has 0 bridgehead atoms. The number of carbonyl (C=O) groups is 1. The quantitative estimate of drug-likeness (QED) is 0.923. The molecule has 0 saturated carbocycles. The largest absolute Gasteiger partial charge is 0.391 e. The van der Waals surface area contributed by atoms with Crippen molar-refractivity contribution in [3.63, 3.8) is 0 Å². The molecule has 24 heavy (non-hydrogen) atoms. The Kier molecular flexibility index (Phi) is 4.59. The number of benzene rings is 1. The third-order valence-corrected chi connectivity index (χ3v) is 3.92. The molecule has 1 aromatic carbocycles. The van der Waals surface area contributed by atoms with Gasteiger partial charge in [0.1, 0.15) is 18.2 Å². The van der Waals surface area contributed by atoms with Gasteiger partial charge in [0.05, 0.1) is 12.1 Å². The van der Waals surface area contributed by atoms with Crippen LogP contribution in [0.3, 0.4) is 0 Å². The zero-order valence-electron chi connectivity index (χ0n) is 12.9. The fourth-order valence-corrected chi connectivity index (χ4v) is 2.87. The first kappa shape index (κ1) is 16.5. The van der Waals surface area contributed by atoms with E-state index >= 15 is 0 Å². The summed E-state index contributed by atoms with van der Waals surface area (Å²) in [5.41, 5.74) is 0.0541. The number of aromatic nitrogens is 1. The number of carbonyl (C=O) groups excluding carboxylic acids is 1. The first-order valence-corrected chi connectivity index (χ1v) is 7.38. The van der Waals surface area contributed by atoms with Crippen LogP contribution in [0.25, 0.3) is 0 Å². The van der Waals surface area contributed by atoms with E-state index in [0.717, 1.165) is 18.2 Å². The van der Waals surface area contributed by atoms with Crippen molar-refractivity contribution in [2.75, 3.05) is 13.7 Å². The lowest BCUT2D eigenvalue weighted by Crippen LogP contribution is -2.32. The minimum atomic E-state index is -0.827. The lowest BCUT2D eigenvalue weighted by molar-refractivity contribution is 0.0702. The van der Waals surface area contributed by atoms with Crippen molar-refractivity contribution in [1.82, 2.24) is 10.1 Å². The summed E-state index contributed by atoms with van der Waals surface area (Å²) in [5, 5.41) is 13.6. The van der Waals surface area contributed by atoms with Gasteiger partial charge in [-0.25, -0.2) is 8.78 Å². The SMILES string of the molecule is COCc1cc(C(=O)N2C[C@@H](O)C[C@@H]2c2cc(F)ccc2F)no1. The molecule has 2 aromatic rings. The number of nitrogens with zero attached hydrogens (tertiary/aromatic N) is 2. The molecule has 1 saturated heterocycles. The van der Waals surface area contributed by atoms with Crippen LogP contribution < -0.4 is 0 Å². The minimum absolute atomic E-state index is 0.00588. The molecule has 1 fully saturated rings. The van der Waals surface area contributed by atoms with E-state index < -0.39 is 29.7 Å². The Hall–Kier alpha value is -2.32. The second kappa shape index (κ2) is 6.66. The normalized spacial score (nSPS) is 20.6. The van der Waals surface area contributed by atoms with Gasteiger partial charge in [-0.3, -0.25) is 4.79 Å². The van der Waals surface area contributed by atoms with Crippen LogP contribution in [-0.2, 0) is 11.3 Å². The monoisotopic (exact) mass is 338 g/mol. The van der Waals surface area contributed by atoms with E-state index in [9.17, 15) is 18.7 Å². The van der Waals surface area contributed by atoms with Crippen LogP contribution in [0.4, 0.5) is 8.78 Å². The first-order valence-electron chi connectivity index (χ1n) is 7.38. The third kappa shape index (κ3) is 3.15. The standard InChI is InChI=1S/C16H16F2N2O4/c1-23-8-11-6-14(19-24-11)16(22)20-7-10(21)5-15(20)12-4-9(17)2-3-13(12)18/h2-4,6,10,15,21H,5,7-8H2,1H3/t10-,15+/m0/s1. The van der Waals surface area contributed by atoms with Crippen molar-refractivity contribution in [2.24, 2.45) is 0 Å². The Bertz CT molecular complexity index is 749. The van der Waals surface area contributed by atoms with Gasteiger partial charge in [-0.05, 0) is 24.6 Å². The van der Waals surface area contributed by atoms with E-state index in [1.165, 1.54) is 18.1 Å². The topological polar surface area (TPSA) is 75.8 Å². The zero-order valence-corrected chi connectivity index (χ0v) is 12.9. The number of hydrogen-bond acceptors (Lipinski definition) is 5. The number of rotatable bonds is 4. The van der Waals surface area contributed by atoms with Gasteiger partial charge in [-0.2, -0.15) is 0 Å². The Morgan fingerprint density at radius 2 is 2.25 bits per heavy atom. The lowest BCUT2D eigenvalue weighted by Gasteiger charge is -2.24. The summed E-state index contributed by atoms with van der Waals surface area (Å²) in [6.45, 7) is 0.163. The Balaban J connectivity index is 1.89. The van der Waals surface area contributed by atoms with Gasteiger partial charge in [0.15, 0.2) is 11.5 Å². The van der Waals surface area contributed by atoms with Crippen molar-refractivity contribution in [3.8, 4) is 0 Å². The molecule has 0 aliphatic carbocycles. The van der Waals surface area contributed by atoms with Crippen LogP contribution >= 0.6 is 0 Å². The highest BCUT2D eigenvalue weighted by atomic mass is 19.1. The molecule has 3 rings (SSSR count). The molecule has 6 nitrogen and oxygen atoms in total. The smallest absolute Gasteiger partial charge is 0.276 e. The predicted octanol–water partition coefficient (Wildman–Crippen LogP) is 2.05. The van der Waals surface area contributed by atoms with E-state index in [2.05, 4.69) is 5.16 Å². The second-order valence-corrected chi connectivity index (χ2v) is 5.64. The summed E-state index contributed by atoms with van der Waals surface area (Å²) in [4.78, 5) is 13.9.